The van der Waals surface area contributed by atoms with E-state index in [1.807, 2.05) is 31.2 Å². The third kappa shape index (κ3) is 2.82. The Morgan fingerprint density at radius 3 is 2.45 bits per heavy atom. The van der Waals surface area contributed by atoms with Crippen LogP contribution in [0.15, 0.2) is 30.5 Å². The van der Waals surface area contributed by atoms with Crippen molar-refractivity contribution in [1.29, 1.82) is 0 Å². The highest BCUT2D eigenvalue weighted by molar-refractivity contribution is 5.98. The van der Waals surface area contributed by atoms with Crippen molar-refractivity contribution in [2.75, 3.05) is 14.2 Å². The molecule has 20 heavy (non-hydrogen) atoms. The number of methoxy groups -OCH3 is 2. The van der Waals surface area contributed by atoms with Crippen LogP contribution < -0.4 is 9.47 Å². The van der Waals surface area contributed by atoms with Crippen LogP contribution in [0.4, 0.5) is 0 Å². The fraction of sp³-hybridized carbons (Fsp3) is 0.333. The van der Waals surface area contributed by atoms with E-state index in [0.717, 1.165) is 11.3 Å². The fourth-order valence-corrected chi connectivity index (χ4v) is 2.05. The van der Waals surface area contributed by atoms with E-state index in [-0.39, 0.29) is 5.78 Å². The lowest BCUT2D eigenvalue weighted by molar-refractivity contribution is 0.0979. The van der Waals surface area contributed by atoms with Crippen molar-refractivity contribution in [3.8, 4) is 11.5 Å². The van der Waals surface area contributed by atoms with Crippen molar-refractivity contribution >= 4 is 5.78 Å². The van der Waals surface area contributed by atoms with Gasteiger partial charge >= 0.3 is 0 Å². The molecule has 0 aliphatic heterocycles. The van der Waals surface area contributed by atoms with Gasteiger partial charge in [-0.15, -0.1) is 0 Å². The van der Waals surface area contributed by atoms with E-state index < -0.39 is 0 Å². The molecular weight excluding hydrogens is 256 g/mol. The van der Waals surface area contributed by atoms with Crippen LogP contribution in [0.3, 0.4) is 0 Å². The standard InChI is InChI=1S/C15H18N2O3/c1-4-17-15(14(20-3)10-16-17)13(18)9-11-5-7-12(19-2)8-6-11/h5-8,10H,4,9H2,1-3H3. The second-order valence-corrected chi connectivity index (χ2v) is 4.33. The highest BCUT2D eigenvalue weighted by atomic mass is 16.5. The molecule has 0 fully saturated rings. The summed E-state index contributed by atoms with van der Waals surface area (Å²) in [5.74, 6) is 1.29. The average Bonchev–Trinajstić information content (AvgIpc) is 2.91. The van der Waals surface area contributed by atoms with Crippen molar-refractivity contribution in [1.82, 2.24) is 9.78 Å². The number of hydrogen-bond acceptors (Lipinski definition) is 4. The third-order valence-electron chi connectivity index (χ3n) is 3.11. The maximum absolute atomic E-state index is 12.4. The second kappa shape index (κ2) is 6.23. The van der Waals surface area contributed by atoms with Crippen molar-refractivity contribution in [2.24, 2.45) is 0 Å². The molecule has 0 aliphatic rings. The number of carbonyl (C=O) groups is 1. The summed E-state index contributed by atoms with van der Waals surface area (Å²) in [7, 11) is 3.16. The van der Waals surface area contributed by atoms with Gasteiger partial charge in [0.15, 0.2) is 11.5 Å². The minimum absolute atomic E-state index is 0.00799. The number of aromatic nitrogens is 2. The van der Waals surface area contributed by atoms with Gasteiger partial charge in [-0.25, -0.2) is 0 Å². The maximum Gasteiger partial charge on any atom is 0.189 e. The van der Waals surface area contributed by atoms with Gasteiger partial charge in [-0.05, 0) is 24.6 Å². The van der Waals surface area contributed by atoms with Crippen LogP contribution in [0.5, 0.6) is 11.5 Å². The highest BCUT2D eigenvalue weighted by Gasteiger charge is 2.18. The van der Waals surface area contributed by atoms with Crippen LogP contribution >= 0.6 is 0 Å². The van der Waals surface area contributed by atoms with E-state index in [9.17, 15) is 4.79 Å². The van der Waals surface area contributed by atoms with Crippen LogP contribution in [0, 0.1) is 0 Å². The molecule has 0 unspecified atom stereocenters. The Balaban J connectivity index is 2.20. The molecule has 0 atom stereocenters. The SMILES string of the molecule is CCn1ncc(OC)c1C(=O)Cc1ccc(OC)cc1. The molecule has 1 aromatic heterocycles. The first kappa shape index (κ1) is 14.1. The summed E-state index contributed by atoms with van der Waals surface area (Å²) >= 11 is 0. The third-order valence-corrected chi connectivity index (χ3v) is 3.11. The van der Waals surface area contributed by atoms with Gasteiger partial charge in [-0.1, -0.05) is 12.1 Å². The molecule has 2 rings (SSSR count). The van der Waals surface area contributed by atoms with E-state index in [2.05, 4.69) is 5.10 Å². The molecule has 0 amide bonds. The van der Waals surface area contributed by atoms with Gasteiger partial charge in [0.1, 0.15) is 11.4 Å². The molecule has 0 N–H and O–H groups in total. The second-order valence-electron chi connectivity index (χ2n) is 4.33. The number of benzene rings is 1. The Bertz CT molecular complexity index is 566. The molecule has 1 aromatic carbocycles. The molecule has 0 saturated carbocycles. The Morgan fingerprint density at radius 1 is 1.20 bits per heavy atom. The van der Waals surface area contributed by atoms with Crippen LogP contribution in [0.2, 0.25) is 0 Å². The Kier molecular flexibility index (Phi) is 4.40. The molecule has 0 aliphatic carbocycles. The monoisotopic (exact) mass is 274 g/mol. The van der Waals surface area contributed by atoms with E-state index in [0.29, 0.717) is 24.4 Å². The summed E-state index contributed by atoms with van der Waals surface area (Å²) in [4.78, 5) is 12.4. The minimum Gasteiger partial charge on any atom is -0.497 e. The Morgan fingerprint density at radius 2 is 1.90 bits per heavy atom. The average molecular weight is 274 g/mol. The number of ether oxygens (including phenoxy) is 2. The molecular formula is C15H18N2O3. The first-order valence-electron chi connectivity index (χ1n) is 6.45. The molecule has 0 radical (unpaired) electrons. The summed E-state index contributed by atoms with van der Waals surface area (Å²) in [6.07, 6.45) is 1.89. The lowest BCUT2D eigenvalue weighted by Gasteiger charge is -2.07. The number of carbonyl (C=O) groups excluding carboxylic acids is 1. The number of nitrogens with zero attached hydrogens (tertiary/aromatic N) is 2. The van der Waals surface area contributed by atoms with Gasteiger partial charge < -0.3 is 9.47 Å². The van der Waals surface area contributed by atoms with Gasteiger partial charge in [-0.2, -0.15) is 5.10 Å². The van der Waals surface area contributed by atoms with Crippen molar-refractivity contribution in [3.63, 3.8) is 0 Å². The lowest BCUT2D eigenvalue weighted by atomic mass is 10.1. The van der Waals surface area contributed by atoms with Crippen LogP contribution in [-0.4, -0.2) is 29.8 Å². The topological polar surface area (TPSA) is 53.4 Å². The number of hydrogen-bond donors (Lipinski definition) is 0. The summed E-state index contributed by atoms with van der Waals surface area (Å²) in [5.41, 5.74) is 1.45. The molecule has 0 spiro atoms. The molecule has 5 nitrogen and oxygen atoms in total. The molecule has 1 heterocycles. The minimum atomic E-state index is -0.00799. The van der Waals surface area contributed by atoms with Crippen molar-refractivity contribution in [2.45, 2.75) is 19.9 Å². The molecule has 0 bridgehead atoms. The number of rotatable bonds is 6. The molecule has 106 valence electrons. The van der Waals surface area contributed by atoms with E-state index in [1.54, 1.807) is 25.1 Å². The van der Waals surface area contributed by atoms with Gasteiger partial charge in [0, 0.05) is 13.0 Å². The van der Waals surface area contributed by atoms with Crippen molar-refractivity contribution < 1.29 is 14.3 Å². The van der Waals surface area contributed by atoms with Gasteiger partial charge in [0.25, 0.3) is 0 Å². The number of ketones is 1. The molecule has 2 aromatic rings. The van der Waals surface area contributed by atoms with Gasteiger partial charge in [-0.3, -0.25) is 9.48 Å². The first-order valence-corrected chi connectivity index (χ1v) is 6.45. The summed E-state index contributed by atoms with van der Waals surface area (Å²) in [5, 5.41) is 4.15. The first-order chi connectivity index (χ1) is 9.69. The summed E-state index contributed by atoms with van der Waals surface area (Å²) in [6.45, 7) is 2.57. The van der Waals surface area contributed by atoms with Crippen molar-refractivity contribution in [3.05, 3.63) is 41.7 Å². The zero-order valence-corrected chi connectivity index (χ0v) is 11.9. The predicted octanol–water partition coefficient (Wildman–Crippen LogP) is 2.35. The summed E-state index contributed by atoms with van der Waals surface area (Å²) < 4.78 is 12.0. The lowest BCUT2D eigenvalue weighted by Crippen LogP contribution is -2.12. The number of Topliss-reactive ketones (excluding diaryl/α,β-unsaturated/α-hetero) is 1. The predicted molar refractivity (Wildman–Crippen MR) is 75.5 cm³/mol. The fourth-order valence-electron chi connectivity index (χ4n) is 2.05. The van der Waals surface area contributed by atoms with E-state index >= 15 is 0 Å². The summed E-state index contributed by atoms with van der Waals surface area (Å²) in [6, 6.07) is 7.46. The largest absolute Gasteiger partial charge is 0.497 e. The zero-order chi connectivity index (χ0) is 14.5. The van der Waals surface area contributed by atoms with E-state index in [4.69, 9.17) is 9.47 Å². The van der Waals surface area contributed by atoms with Crippen LogP contribution in [0.25, 0.3) is 0 Å². The number of aryl methyl sites for hydroxylation is 1. The van der Waals surface area contributed by atoms with Crippen LogP contribution in [-0.2, 0) is 13.0 Å². The zero-order valence-electron chi connectivity index (χ0n) is 11.9. The quantitative estimate of drug-likeness (QED) is 0.759. The Hall–Kier alpha value is -2.30. The Labute approximate surface area is 118 Å². The van der Waals surface area contributed by atoms with Gasteiger partial charge in [0.05, 0.1) is 20.4 Å². The van der Waals surface area contributed by atoms with Crippen LogP contribution in [0.1, 0.15) is 23.0 Å². The molecule has 5 heteroatoms. The normalized spacial score (nSPS) is 10.3. The van der Waals surface area contributed by atoms with E-state index in [1.165, 1.54) is 0 Å². The maximum atomic E-state index is 12.4. The van der Waals surface area contributed by atoms with Gasteiger partial charge in [0.2, 0.25) is 0 Å². The molecule has 0 saturated heterocycles. The smallest absolute Gasteiger partial charge is 0.189 e. The highest BCUT2D eigenvalue weighted by Crippen LogP contribution is 2.20.